The van der Waals surface area contributed by atoms with Gasteiger partial charge in [0.2, 0.25) is 0 Å². The fourth-order valence-corrected chi connectivity index (χ4v) is 2.78. The Morgan fingerprint density at radius 3 is 2.00 bits per heavy atom. The summed E-state index contributed by atoms with van der Waals surface area (Å²) in [4.78, 5) is 0. The van der Waals surface area contributed by atoms with Crippen molar-refractivity contribution in [1.82, 2.24) is 0 Å². The molecular weight excluding hydrogens is 188 g/mol. The van der Waals surface area contributed by atoms with Crippen LogP contribution in [0.2, 0.25) is 0 Å². The molecule has 2 heteroatoms. The van der Waals surface area contributed by atoms with E-state index in [1.165, 1.54) is 25.7 Å². The van der Waals surface area contributed by atoms with Gasteiger partial charge in [-0.1, -0.05) is 13.8 Å². The molecule has 0 amide bonds. The predicted octanol–water partition coefficient (Wildman–Crippen LogP) is 3.21. The maximum Gasteiger partial charge on any atom is 0.154 e. The van der Waals surface area contributed by atoms with Crippen molar-refractivity contribution in [3.63, 3.8) is 0 Å². The second-order valence-electron chi connectivity index (χ2n) is 6.00. The van der Waals surface area contributed by atoms with Gasteiger partial charge in [0.25, 0.3) is 0 Å². The van der Waals surface area contributed by atoms with Gasteiger partial charge in [0.05, 0.1) is 13.2 Å². The normalized spacial score (nSPS) is 37.8. The molecule has 1 saturated carbocycles. The first-order valence-corrected chi connectivity index (χ1v) is 6.30. The molecule has 2 fully saturated rings. The van der Waals surface area contributed by atoms with Crippen LogP contribution < -0.4 is 0 Å². The molecule has 0 bridgehead atoms. The van der Waals surface area contributed by atoms with Gasteiger partial charge in [0, 0.05) is 5.92 Å². The van der Waals surface area contributed by atoms with Gasteiger partial charge in [-0.05, 0) is 43.9 Å². The second kappa shape index (κ2) is 4.42. The molecule has 1 aliphatic carbocycles. The number of hydrogen-bond donors (Lipinski definition) is 0. The fraction of sp³-hybridized carbons (Fsp3) is 1.00. The van der Waals surface area contributed by atoms with Gasteiger partial charge < -0.3 is 9.47 Å². The number of hydrogen-bond acceptors (Lipinski definition) is 2. The quantitative estimate of drug-likeness (QED) is 0.664. The molecular formula is C13H24O2. The third-order valence-electron chi connectivity index (χ3n) is 4.14. The maximum atomic E-state index is 5.57. The van der Waals surface area contributed by atoms with Gasteiger partial charge in [0.1, 0.15) is 0 Å². The Balaban J connectivity index is 1.80. The first-order valence-electron chi connectivity index (χ1n) is 6.30. The molecule has 1 heterocycles. The van der Waals surface area contributed by atoms with Crippen LogP contribution in [0.4, 0.5) is 0 Å². The zero-order valence-corrected chi connectivity index (χ0v) is 10.3. The lowest BCUT2D eigenvalue weighted by Gasteiger charge is -2.40. The summed E-state index contributed by atoms with van der Waals surface area (Å²) >= 11 is 0. The summed E-state index contributed by atoms with van der Waals surface area (Å²) in [5, 5.41) is 0. The molecule has 2 nitrogen and oxygen atoms in total. The van der Waals surface area contributed by atoms with Crippen molar-refractivity contribution in [3.8, 4) is 0 Å². The van der Waals surface area contributed by atoms with E-state index in [2.05, 4.69) is 13.8 Å². The van der Waals surface area contributed by atoms with Crippen molar-refractivity contribution >= 4 is 0 Å². The summed E-state index contributed by atoms with van der Waals surface area (Å²) in [6.45, 7) is 8.58. The molecule has 0 aromatic carbocycles. The Morgan fingerprint density at radius 1 is 0.933 bits per heavy atom. The Kier molecular flexibility index (Phi) is 3.36. The van der Waals surface area contributed by atoms with E-state index < -0.39 is 0 Å². The van der Waals surface area contributed by atoms with Gasteiger partial charge in [-0.15, -0.1) is 0 Å². The van der Waals surface area contributed by atoms with Gasteiger partial charge in [-0.2, -0.15) is 0 Å². The van der Waals surface area contributed by atoms with E-state index in [-0.39, 0.29) is 6.29 Å². The molecule has 2 rings (SSSR count). The highest BCUT2D eigenvalue weighted by atomic mass is 16.7. The third kappa shape index (κ3) is 2.94. The summed E-state index contributed by atoms with van der Waals surface area (Å²) < 4.78 is 11.1. The molecule has 0 radical (unpaired) electrons. The standard InChI is InChI=1S/C13H24O2/c1-10-14-8-12(9-15-10)11-4-6-13(2,3)7-5-11/h10-12H,4-9H2,1-3H3. The van der Waals surface area contributed by atoms with Crippen molar-refractivity contribution in [2.24, 2.45) is 17.3 Å². The van der Waals surface area contributed by atoms with Crippen LogP contribution in [0.5, 0.6) is 0 Å². The van der Waals surface area contributed by atoms with E-state index in [1.54, 1.807) is 0 Å². The summed E-state index contributed by atoms with van der Waals surface area (Å²) in [6, 6.07) is 0. The fourth-order valence-electron chi connectivity index (χ4n) is 2.78. The van der Waals surface area contributed by atoms with Crippen LogP contribution in [-0.4, -0.2) is 19.5 Å². The van der Waals surface area contributed by atoms with Crippen molar-refractivity contribution in [2.75, 3.05) is 13.2 Å². The van der Waals surface area contributed by atoms with Crippen LogP contribution in [0.1, 0.15) is 46.5 Å². The van der Waals surface area contributed by atoms with Crippen LogP contribution in [0.3, 0.4) is 0 Å². The van der Waals surface area contributed by atoms with Gasteiger partial charge in [0.15, 0.2) is 6.29 Å². The lowest BCUT2D eigenvalue weighted by atomic mass is 9.69. The van der Waals surface area contributed by atoms with E-state index in [0.29, 0.717) is 11.3 Å². The number of ether oxygens (including phenoxy) is 2. The highest BCUT2D eigenvalue weighted by Gasteiger charge is 2.33. The first-order chi connectivity index (χ1) is 7.07. The van der Waals surface area contributed by atoms with E-state index in [9.17, 15) is 0 Å². The largest absolute Gasteiger partial charge is 0.353 e. The summed E-state index contributed by atoms with van der Waals surface area (Å²) in [5.41, 5.74) is 0.570. The summed E-state index contributed by atoms with van der Waals surface area (Å²) in [5.74, 6) is 1.49. The average Bonchev–Trinajstić information content (AvgIpc) is 2.20. The van der Waals surface area contributed by atoms with Crippen LogP contribution in [0.15, 0.2) is 0 Å². The predicted molar refractivity (Wildman–Crippen MR) is 60.6 cm³/mol. The average molecular weight is 212 g/mol. The number of rotatable bonds is 1. The van der Waals surface area contributed by atoms with Crippen LogP contribution in [-0.2, 0) is 9.47 Å². The lowest BCUT2D eigenvalue weighted by molar-refractivity contribution is -0.201. The highest BCUT2D eigenvalue weighted by molar-refractivity contribution is 4.82. The molecule has 1 aliphatic heterocycles. The molecule has 0 aromatic rings. The Labute approximate surface area is 93.3 Å². The summed E-state index contributed by atoms with van der Waals surface area (Å²) in [7, 11) is 0. The Bertz CT molecular complexity index is 195. The minimum absolute atomic E-state index is 0.0151. The maximum absolute atomic E-state index is 5.57. The Hall–Kier alpha value is -0.0800. The van der Waals surface area contributed by atoms with Crippen LogP contribution in [0, 0.1) is 17.3 Å². The SMILES string of the molecule is CC1OCC(C2CCC(C)(C)CC2)CO1. The van der Waals surface area contributed by atoms with E-state index in [0.717, 1.165) is 19.1 Å². The minimum atomic E-state index is 0.0151. The Morgan fingerprint density at radius 2 is 1.47 bits per heavy atom. The zero-order chi connectivity index (χ0) is 10.9. The molecule has 0 spiro atoms. The molecule has 1 saturated heterocycles. The van der Waals surface area contributed by atoms with Crippen molar-refractivity contribution in [2.45, 2.75) is 52.7 Å². The highest BCUT2D eigenvalue weighted by Crippen LogP contribution is 2.41. The first kappa shape index (κ1) is 11.4. The van der Waals surface area contributed by atoms with Crippen molar-refractivity contribution < 1.29 is 9.47 Å². The molecule has 0 aromatic heterocycles. The minimum Gasteiger partial charge on any atom is -0.353 e. The molecule has 0 unspecified atom stereocenters. The van der Waals surface area contributed by atoms with Crippen LogP contribution in [0.25, 0.3) is 0 Å². The zero-order valence-electron chi connectivity index (χ0n) is 10.3. The smallest absolute Gasteiger partial charge is 0.154 e. The topological polar surface area (TPSA) is 18.5 Å². The molecule has 15 heavy (non-hydrogen) atoms. The monoisotopic (exact) mass is 212 g/mol. The molecule has 0 atom stereocenters. The molecule has 2 aliphatic rings. The second-order valence-corrected chi connectivity index (χ2v) is 6.00. The van der Waals surface area contributed by atoms with Gasteiger partial charge >= 0.3 is 0 Å². The van der Waals surface area contributed by atoms with E-state index >= 15 is 0 Å². The van der Waals surface area contributed by atoms with Gasteiger partial charge in [-0.25, -0.2) is 0 Å². The third-order valence-corrected chi connectivity index (χ3v) is 4.14. The van der Waals surface area contributed by atoms with Crippen molar-refractivity contribution in [3.05, 3.63) is 0 Å². The van der Waals surface area contributed by atoms with Crippen molar-refractivity contribution in [1.29, 1.82) is 0 Å². The summed E-state index contributed by atoms with van der Waals surface area (Å²) in [6.07, 6.45) is 5.46. The molecule has 88 valence electrons. The van der Waals surface area contributed by atoms with E-state index in [4.69, 9.17) is 9.47 Å². The lowest BCUT2D eigenvalue weighted by Crippen LogP contribution is -2.37. The van der Waals surface area contributed by atoms with Crippen LogP contribution >= 0.6 is 0 Å². The van der Waals surface area contributed by atoms with E-state index in [1.807, 2.05) is 6.92 Å². The molecule has 0 N–H and O–H groups in total. The van der Waals surface area contributed by atoms with Gasteiger partial charge in [-0.3, -0.25) is 0 Å².